The first-order chi connectivity index (χ1) is 14.9. The fourth-order valence-electron chi connectivity index (χ4n) is 6.85. The van der Waals surface area contributed by atoms with Gasteiger partial charge in [0, 0.05) is 17.0 Å². The van der Waals surface area contributed by atoms with Crippen LogP contribution < -0.4 is 5.32 Å². The number of ether oxygens (including phenoxy) is 1. The van der Waals surface area contributed by atoms with Crippen LogP contribution in [0.4, 0.5) is 0 Å². The highest BCUT2D eigenvalue weighted by atomic mass is 32.2. The van der Waals surface area contributed by atoms with Gasteiger partial charge in [0.15, 0.2) is 0 Å². The molecular formula is C25H34N2O3S. The minimum Gasteiger partial charge on any atom is -0.375 e. The number of amides is 2. The largest absolute Gasteiger partial charge is 0.375 e. The van der Waals surface area contributed by atoms with Crippen LogP contribution in [0.2, 0.25) is 0 Å². The lowest BCUT2D eigenvalue weighted by molar-refractivity contribution is -0.124. The van der Waals surface area contributed by atoms with Crippen LogP contribution in [-0.2, 0) is 9.53 Å². The van der Waals surface area contributed by atoms with E-state index >= 15 is 0 Å². The lowest BCUT2D eigenvalue weighted by Crippen LogP contribution is -2.60. The van der Waals surface area contributed by atoms with Crippen LogP contribution in [0.15, 0.2) is 29.2 Å². The number of rotatable bonds is 5. The van der Waals surface area contributed by atoms with Gasteiger partial charge in [0.05, 0.1) is 30.1 Å². The zero-order valence-corrected chi connectivity index (χ0v) is 19.5. The Balaban J connectivity index is 1.23. The summed E-state index contributed by atoms with van der Waals surface area (Å²) in [6, 6.07) is 7.75. The number of carbonyl (C=O) groups excluding carboxylic acids is 2. The van der Waals surface area contributed by atoms with Crippen molar-refractivity contribution in [3.63, 3.8) is 0 Å². The van der Waals surface area contributed by atoms with Crippen molar-refractivity contribution in [3.8, 4) is 0 Å². The maximum Gasteiger partial charge on any atom is 0.255 e. The highest BCUT2D eigenvalue weighted by Gasteiger charge is 2.51. The first-order valence-corrected chi connectivity index (χ1v) is 12.8. The normalized spacial score (nSPS) is 36.5. The van der Waals surface area contributed by atoms with Crippen molar-refractivity contribution in [1.29, 1.82) is 0 Å². The van der Waals surface area contributed by atoms with Gasteiger partial charge in [-0.3, -0.25) is 9.59 Å². The minimum absolute atomic E-state index is 0.0345. The molecule has 1 saturated heterocycles. The summed E-state index contributed by atoms with van der Waals surface area (Å²) >= 11 is 1.49. The van der Waals surface area contributed by atoms with Gasteiger partial charge in [-0.25, -0.2) is 0 Å². The third-order valence-electron chi connectivity index (χ3n) is 7.79. The van der Waals surface area contributed by atoms with Crippen LogP contribution in [0, 0.1) is 17.8 Å². The summed E-state index contributed by atoms with van der Waals surface area (Å²) in [5, 5.41) is 3.45. The molecule has 1 heterocycles. The number of nitrogens with zero attached hydrogens (tertiary/aromatic N) is 1. The molecule has 6 rings (SSSR count). The topological polar surface area (TPSA) is 58.6 Å². The monoisotopic (exact) mass is 442 g/mol. The molecule has 4 bridgehead atoms. The van der Waals surface area contributed by atoms with E-state index in [1.807, 2.05) is 43.0 Å². The molecule has 5 nitrogen and oxygen atoms in total. The second kappa shape index (κ2) is 8.43. The van der Waals surface area contributed by atoms with Crippen molar-refractivity contribution in [2.24, 2.45) is 17.8 Å². The van der Waals surface area contributed by atoms with Crippen LogP contribution in [0.3, 0.4) is 0 Å². The van der Waals surface area contributed by atoms with E-state index in [4.69, 9.17) is 4.74 Å². The summed E-state index contributed by atoms with van der Waals surface area (Å²) in [6.07, 6.45) is 7.66. The molecule has 1 aromatic carbocycles. The van der Waals surface area contributed by atoms with E-state index in [2.05, 4.69) is 5.32 Å². The van der Waals surface area contributed by atoms with Gasteiger partial charge in [-0.05, 0) is 82.3 Å². The highest BCUT2D eigenvalue weighted by molar-refractivity contribution is 8.00. The van der Waals surface area contributed by atoms with Crippen molar-refractivity contribution < 1.29 is 14.3 Å². The fraction of sp³-hybridized carbons (Fsp3) is 0.680. The molecule has 6 heteroatoms. The van der Waals surface area contributed by atoms with E-state index in [9.17, 15) is 9.59 Å². The molecule has 1 aliphatic heterocycles. The maximum absolute atomic E-state index is 13.3. The molecule has 31 heavy (non-hydrogen) atoms. The quantitative estimate of drug-likeness (QED) is 0.697. The molecule has 5 aliphatic rings. The predicted octanol–water partition coefficient (Wildman–Crippen LogP) is 4.11. The van der Waals surface area contributed by atoms with Crippen LogP contribution >= 0.6 is 11.8 Å². The summed E-state index contributed by atoms with van der Waals surface area (Å²) < 4.78 is 5.68. The molecule has 4 aliphatic carbocycles. The van der Waals surface area contributed by atoms with Gasteiger partial charge < -0.3 is 15.0 Å². The van der Waals surface area contributed by atoms with Gasteiger partial charge in [0.1, 0.15) is 0 Å². The SMILES string of the molecule is CC1CN(C(=O)c2ccccc2SCC(=O)NC23CC4CC(CC(C4)C2)C3)C(C)CO1. The Kier molecular flexibility index (Phi) is 5.80. The molecule has 0 aromatic heterocycles. The Morgan fingerprint density at radius 3 is 2.42 bits per heavy atom. The smallest absolute Gasteiger partial charge is 0.255 e. The molecule has 2 amide bonds. The molecule has 0 radical (unpaired) electrons. The zero-order chi connectivity index (χ0) is 21.6. The molecule has 0 spiro atoms. The Hall–Kier alpha value is -1.53. The predicted molar refractivity (Wildman–Crippen MR) is 122 cm³/mol. The van der Waals surface area contributed by atoms with Gasteiger partial charge in [-0.15, -0.1) is 11.8 Å². The Bertz CT molecular complexity index is 822. The fourth-order valence-corrected chi connectivity index (χ4v) is 7.69. The summed E-state index contributed by atoms with van der Waals surface area (Å²) in [4.78, 5) is 29.0. The van der Waals surface area contributed by atoms with Crippen molar-refractivity contribution >= 4 is 23.6 Å². The van der Waals surface area contributed by atoms with Crippen molar-refractivity contribution in [2.75, 3.05) is 18.9 Å². The number of benzene rings is 1. The molecule has 2 unspecified atom stereocenters. The molecule has 2 atom stereocenters. The van der Waals surface area contributed by atoms with E-state index in [1.165, 1.54) is 50.3 Å². The first kappa shape index (κ1) is 21.3. The number of hydrogen-bond donors (Lipinski definition) is 1. The van der Waals surface area contributed by atoms with Crippen molar-refractivity contribution in [2.45, 2.75) is 75.0 Å². The molecule has 5 fully saturated rings. The van der Waals surface area contributed by atoms with Crippen molar-refractivity contribution in [3.05, 3.63) is 29.8 Å². The number of nitrogens with one attached hydrogen (secondary N) is 1. The van der Waals surface area contributed by atoms with Crippen molar-refractivity contribution in [1.82, 2.24) is 10.2 Å². The van der Waals surface area contributed by atoms with E-state index in [1.54, 1.807) is 0 Å². The van der Waals surface area contributed by atoms with E-state index in [-0.39, 0.29) is 29.5 Å². The molecule has 1 N–H and O–H groups in total. The van der Waals surface area contributed by atoms with E-state index in [0.29, 0.717) is 24.5 Å². The zero-order valence-electron chi connectivity index (χ0n) is 18.6. The second-order valence-corrected chi connectivity index (χ2v) is 11.5. The Labute approximate surface area is 189 Å². The molecular weight excluding hydrogens is 408 g/mol. The first-order valence-electron chi connectivity index (χ1n) is 11.9. The van der Waals surface area contributed by atoms with E-state index < -0.39 is 0 Å². The Morgan fingerprint density at radius 1 is 1.10 bits per heavy atom. The van der Waals surface area contributed by atoms with Gasteiger partial charge in [-0.2, -0.15) is 0 Å². The highest BCUT2D eigenvalue weighted by Crippen LogP contribution is 2.55. The summed E-state index contributed by atoms with van der Waals surface area (Å²) in [6.45, 7) is 5.20. The number of thioether (sulfide) groups is 1. The molecule has 1 aromatic rings. The molecule has 168 valence electrons. The number of morpholine rings is 1. The standard InChI is InChI=1S/C25H34N2O3S/c1-16-14-30-17(2)13-27(16)24(29)21-5-3-4-6-22(21)31-15-23(28)26-25-10-18-7-19(11-25)9-20(8-18)12-25/h3-6,16-20H,7-15H2,1-2H3,(H,26,28). The summed E-state index contributed by atoms with van der Waals surface area (Å²) in [5.41, 5.74) is 0.734. The van der Waals surface area contributed by atoms with Gasteiger partial charge in [0.2, 0.25) is 5.91 Å². The lowest BCUT2D eigenvalue weighted by atomic mass is 9.53. The second-order valence-electron chi connectivity index (χ2n) is 10.5. The number of carbonyl (C=O) groups is 2. The maximum atomic E-state index is 13.3. The minimum atomic E-state index is 0.0345. The summed E-state index contributed by atoms with van der Waals surface area (Å²) in [7, 11) is 0. The number of hydrogen-bond acceptors (Lipinski definition) is 4. The van der Waals surface area contributed by atoms with Gasteiger partial charge >= 0.3 is 0 Å². The molecule has 4 saturated carbocycles. The van der Waals surface area contributed by atoms with Gasteiger partial charge in [-0.1, -0.05) is 12.1 Å². The Morgan fingerprint density at radius 2 is 1.74 bits per heavy atom. The van der Waals surface area contributed by atoms with Crippen LogP contribution in [-0.4, -0.2) is 53.3 Å². The third-order valence-corrected chi connectivity index (χ3v) is 8.86. The third kappa shape index (κ3) is 4.38. The van der Waals surface area contributed by atoms with Crippen LogP contribution in [0.5, 0.6) is 0 Å². The van der Waals surface area contributed by atoms with Crippen LogP contribution in [0.1, 0.15) is 62.7 Å². The van der Waals surface area contributed by atoms with E-state index in [0.717, 1.165) is 22.6 Å². The lowest BCUT2D eigenvalue weighted by Gasteiger charge is -2.56. The van der Waals surface area contributed by atoms with Gasteiger partial charge in [0.25, 0.3) is 5.91 Å². The van der Waals surface area contributed by atoms with Crippen LogP contribution in [0.25, 0.3) is 0 Å². The summed E-state index contributed by atoms with van der Waals surface area (Å²) in [5.74, 6) is 2.96. The average molecular weight is 443 g/mol. The average Bonchev–Trinajstić information content (AvgIpc) is 2.72.